The van der Waals surface area contributed by atoms with Gasteiger partial charge in [-0.05, 0) is 50.1 Å². The average Bonchev–Trinajstić information content (AvgIpc) is 3.77. The Bertz CT molecular complexity index is 1620. The number of aliphatic hydroxyl groups excluding tert-OH is 1. The first kappa shape index (κ1) is 54.5. The van der Waals surface area contributed by atoms with Gasteiger partial charge in [0.2, 0.25) is 24.1 Å². The third-order valence-corrected chi connectivity index (χ3v) is 8.93. The van der Waals surface area contributed by atoms with Gasteiger partial charge in [-0.25, -0.2) is 17.7 Å². The van der Waals surface area contributed by atoms with Crippen molar-refractivity contribution < 1.29 is 46.7 Å². The second-order valence-electron chi connectivity index (χ2n) is 13.1. The lowest BCUT2D eigenvalue weighted by Gasteiger charge is -2.19. The molecule has 0 saturated heterocycles. The Labute approximate surface area is 355 Å². The monoisotopic (exact) mass is 869 g/mol. The highest BCUT2D eigenvalue weighted by Gasteiger charge is 2.25. The van der Waals surface area contributed by atoms with Gasteiger partial charge in [0.1, 0.15) is 23.5 Å². The van der Waals surface area contributed by atoms with Crippen LogP contribution in [0.3, 0.4) is 0 Å². The molecule has 0 aromatic heterocycles. The zero-order chi connectivity index (χ0) is 44.6. The van der Waals surface area contributed by atoms with Gasteiger partial charge in [0.15, 0.2) is 0 Å². The van der Waals surface area contributed by atoms with E-state index in [1.165, 1.54) is 20.6 Å². The molecule has 3 aromatic rings. The molecule has 4 rings (SSSR count). The summed E-state index contributed by atoms with van der Waals surface area (Å²) in [7, 11) is 3.55. The quantitative estimate of drug-likeness (QED) is 0.102. The largest absolute Gasteiger partial charge is 0.497 e. The van der Waals surface area contributed by atoms with Crippen molar-refractivity contribution in [2.24, 2.45) is 5.92 Å². The molecule has 3 aromatic carbocycles. The third-order valence-electron chi connectivity index (χ3n) is 8.10. The SMILES string of the molecule is CCC.CNS(C)=O.COC(CC(O)CNC(=O)C1CCCC1)C(=O)NCC(=O)NCc1ccccc1.COc1cc(F)cc(F)c1.C[C@H](NC=O)c1ccc(Cl)cc1. The average molecular weight is 871 g/mol. The van der Waals surface area contributed by atoms with Gasteiger partial charge < -0.3 is 35.8 Å². The van der Waals surface area contributed by atoms with Crippen LogP contribution in [0, 0.1) is 17.6 Å². The summed E-state index contributed by atoms with van der Waals surface area (Å²) < 4.78 is 46.6. The van der Waals surface area contributed by atoms with Crippen LogP contribution in [0.4, 0.5) is 8.78 Å². The van der Waals surface area contributed by atoms with Crippen LogP contribution in [0.2, 0.25) is 5.02 Å². The number of amides is 4. The van der Waals surface area contributed by atoms with E-state index in [4.69, 9.17) is 16.3 Å². The summed E-state index contributed by atoms with van der Waals surface area (Å²) in [5, 5.41) is 21.5. The van der Waals surface area contributed by atoms with Crippen LogP contribution in [0.1, 0.15) is 76.5 Å². The Morgan fingerprint density at radius 1 is 0.949 bits per heavy atom. The normalized spacial score (nSPS) is 13.5. The van der Waals surface area contributed by atoms with Gasteiger partial charge in [0.25, 0.3) is 0 Å². The van der Waals surface area contributed by atoms with Crippen LogP contribution >= 0.6 is 11.6 Å². The van der Waals surface area contributed by atoms with Crippen LogP contribution in [-0.2, 0) is 41.4 Å². The van der Waals surface area contributed by atoms with E-state index in [1.54, 1.807) is 25.4 Å². The van der Waals surface area contributed by atoms with Gasteiger partial charge in [0.05, 0.1) is 36.8 Å². The first-order valence-corrected chi connectivity index (χ1v) is 21.1. The molecule has 1 fully saturated rings. The molecule has 1 aliphatic carbocycles. The molecule has 1 saturated carbocycles. The molecule has 0 aliphatic heterocycles. The molecule has 4 atom stereocenters. The maximum Gasteiger partial charge on any atom is 0.249 e. The number of carbonyl (C=O) groups is 4. The highest BCUT2D eigenvalue weighted by atomic mass is 35.5. The van der Waals surface area contributed by atoms with E-state index in [0.29, 0.717) is 18.0 Å². The molecule has 3 unspecified atom stereocenters. The minimum atomic E-state index is -0.914. The van der Waals surface area contributed by atoms with Crippen LogP contribution in [-0.4, -0.2) is 86.3 Å². The second-order valence-corrected chi connectivity index (χ2v) is 14.8. The predicted octanol–water partition coefficient (Wildman–Crippen LogP) is 5.53. The van der Waals surface area contributed by atoms with Crippen molar-refractivity contribution in [3.05, 3.63) is 101 Å². The number of methoxy groups -OCH3 is 2. The van der Waals surface area contributed by atoms with E-state index in [-0.39, 0.29) is 49.0 Å². The number of nitrogens with one attached hydrogen (secondary N) is 5. The number of hydrogen-bond donors (Lipinski definition) is 6. The number of rotatable bonds is 16. The first-order chi connectivity index (χ1) is 28.1. The fraction of sp³-hybridized carbons (Fsp3) is 0.476. The summed E-state index contributed by atoms with van der Waals surface area (Å²) in [6.07, 6.45) is 5.63. The van der Waals surface area contributed by atoms with Crippen molar-refractivity contribution in [2.75, 3.05) is 40.6 Å². The number of aliphatic hydroxyl groups is 1. The van der Waals surface area contributed by atoms with Crippen LogP contribution < -0.4 is 30.7 Å². The lowest BCUT2D eigenvalue weighted by atomic mass is 10.1. The molecule has 6 N–H and O–H groups in total. The summed E-state index contributed by atoms with van der Waals surface area (Å²) in [5.74, 6) is -1.88. The molecule has 13 nitrogen and oxygen atoms in total. The standard InChI is InChI=1S/C21H31N3O5.C9H10ClNO.C7H6F2O.C3H8.C2H7NOS/c1-29-18(11-17(25)13-23-20(27)16-9-5-6-10-16)21(28)24-14-19(26)22-12-15-7-3-2-4-8-15;1-7(11-6-12)8-2-4-9(10)5-3-8;1-10-7-3-5(8)2-6(9)4-7;1-3-2;1-3-5(2)4/h2-4,7-8,16-18,25H,5-6,9-14H2,1H3,(H,22,26)(H,23,27)(H,24,28);2-7H,1H3,(H,11,12);2-4H,1H3;3H2,1-2H3;3H,1-2H3/t;7-;;;/m.0.../s1. The fourth-order valence-corrected chi connectivity index (χ4v) is 5.05. The molecule has 4 amide bonds. The second kappa shape index (κ2) is 33.4. The summed E-state index contributed by atoms with van der Waals surface area (Å²) >= 11 is 5.70. The lowest BCUT2D eigenvalue weighted by molar-refractivity contribution is -0.134. The molecule has 0 radical (unpaired) electrons. The Morgan fingerprint density at radius 2 is 1.51 bits per heavy atom. The molecule has 0 bridgehead atoms. The highest BCUT2D eigenvalue weighted by molar-refractivity contribution is 7.82. The number of benzene rings is 3. The first-order valence-electron chi connectivity index (χ1n) is 19.2. The lowest BCUT2D eigenvalue weighted by Crippen LogP contribution is -2.44. The van der Waals surface area contributed by atoms with Crippen molar-refractivity contribution in [3.63, 3.8) is 0 Å². The molecular formula is C42H62ClF2N5O8S. The van der Waals surface area contributed by atoms with Crippen molar-refractivity contribution in [2.45, 2.75) is 84.1 Å². The summed E-state index contributed by atoms with van der Waals surface area (Å²) in [6, 6.07) is 19.9. The van der Waals surface area contributed by atoms with Crippen molar-refractivity contribution >= 4 is 46.7 Å². The zero-order valence-electron chi connectivity index (χ0n) is 35.0. The van der Waals surface area contributed by atoms with Crippen molar-refractivity contribution in [1.29, 1.82) is 0 Å². The Morgan fingerprint density at radius 3 is 2.00 bits per heavy atom. The summed E-state index contributed by atoms with van der Waals surface area (Å²) in [4.78, 5) is 46.2. The van der Waals surface area contributed by atoms with E-state index in [9.17, 15) is 37.3 Å². The minimum Gasteiger partial charge on any atom is -0.497 e. The van der Waals surface area contributed by atoms with Crippen LogP contribution in [0.15, 0.2) is 72.8 Å². The maximum absolute atomic E-state index is 12.3. The van der Waals surface area contributed by atoms with E-state index < -0.39 is 40.7 Å². The van der Waals surface area contributed by atoms with Crippen LogP contribution in [0.5, 0.6) is 5.75 Å². The summed E-state index contributed by atoms with van der Waals surface area (Å²) in [5.41, 5.74) is 2.01. The topological polar surface area (TPSA) is 184 Å². The molecule has 330 valence electrons. The van der Waals surface area contributed by atoms with Gasteiger partial charge in [-0.2, -0.15) is 0 Å². The van der Waals surface area contributed by atoms with E-state index >= 15 is 0 Å². The minimum absolute atomic E-state index is 0.0260. The van der Waals surface area contributed by atoms with Gasteiger partial charge >= 0.3 is 0 Å². The number of ether oxygens (including phenoxy) is 2. The zero-order valence-corrected chi connectivity index (χ0v) is 36.6. The van der Waals surface area contributed by atoms with Crippen molar-refractivity contribution in [1.82, 2.24) is 26.0 Å². The molecule has 0 heterocycles. The van der Waals surface area contributed by atoms with Gasteiger partial charge in [-0.15, -0.1) is 0 Å². The van der Waals surface area contributed by atoms with E-state index in [2.05, 4.69) is 44.6 Å². The highest BCUT2D eigenvalue weighted by Crippen LogP contribution is 2.24. The van der Waals surface area contributed by atoms with Crippen LogP contribution in [0.25, 0.3) is 0 Å². The Balaban J connectivity index is 0.000000910. The maximum atomic E-state index is 12.3. The molecular weight excluding hydrogens is 808 g/mol. The number of carbonyl (C=O) groups excluding carboxylic acids is 4. The summed E-state index contributed by atoms with van der Waals surface area (Å²) in [6.45, 7) is 6.43. The van der Waals surface area contributed by atoms with Crippen molar-refractivity contribution in [3.8, 4) is 5.75 Å². The Kier molecular flexibility index (Phi) is 30.8. The fourth-order valence-electron chi connectivity index (χ4n) is 4.93. The molecule has 0 spiro atoms. The smallest absolute Gasteiger partial charge is 0.249 e. The third kappa shape index (κ3) is 27.0. The molecule has 59 heavy (non-hydrogen) atoms. The molecule has 1 aliphatic rings. The Hall–Kier alpha value is -4.48. The van der Waals surface area contributed by atoms with Gasteiger partial charge in [0, 0.05) is 62.0 Å². The predicted molar refractivity (Wildman–Crippen MR) is 229 cm³/mol. The number of hydrogen-bond acceptors (Lipinski definition) is 8. The number of halogens is 3. The van der Waals surface area contributed by atoms with Gasteiger partial charge in [-0.1, -0.05) is 87.2 Å². The van der Waals surface area contributed by atoms with E-state index in [1.807, 2.05) is 49.4 Å². The molecule has 17 heteroatoms. The van der Waals surface area contributed by atoms with E-state index in [0.717, 1.165) is 55.0 Å². The van der Waals surface area contributed by atoms with Gasteiger partial charge in [-0.3, -0.25) is 19.2 Å².